The summed E-state index contributed by atoms with van der Waals surface area (Å²) >= 11 is 12.3. The molecule has 1 heterocycles. The van der Waals surface area contributed by atoms with Gasteiger partial charge in [-0.05, 0) is 61.5 Å². The molecule has 9 heteroatoms. The first-order valence-electron chi connectivity index (χ1n) is 9.73. The van der Waals surface area contributed by atoms with Gasteiger partial charge in [0.2, 0.25) is 0 Å². The average molecular weight is 492 g/mol. The van der Waals surface area contributed by atoms with E-state index in [-0.39, 0.29) is 14.9 Å². The number of nitrogens with one attached hydrogen (secondary N) is 2. The molecule has 0 radical (unpaired) electrons. The Kier molecular flexibility index (Phi) is 6.18. The molecule has 32 heavy (non-hydrogen) atoms. The van der Waals surface area contributed by atoms with Crippen LogP contribution in [0.4, 0.5) is 15.8 Å². The lowest BCUT2D eigenvalue weighted by molar-refractivity contribution is 0.589. The van der Waals surface area contributed by atoms with E-state index in [0.29, 0.717) is 23.4 Å². The second kappa shape index (κ2) is 8.75. The molecule has 0 amide bonds. The van der Waals surface area contributed by atoms with Crippen molar-refractivity contribution in [3.8, 4) is 0 Å². The Morgan fingerprint density at radius 1 is 1.06 bits per heavy atom. The molecule has 3 aromatic carbocycles. The monoisotopic (exact) mass is 491 g/mol. The first-order valence-corrected chi connectivity index (χ1v) is 11.9. The van der Waals surface area contributed by atoms with Gasteiger partial charge in [-0.2, -0.15) is 0 Å². The fourth-order valence-corrected chi connectivity index (χ4v) is 5.66. The summed E-state index contributed by atoms with van der Waals surface area (Å²) in [4.78, 5) is -0.0949. The van der Waals surface area contributed by atoms with Gasteiger partial charge in [-0.1, -0.05) is 41.4 Å². The van der Waals surface area contributed by atoms with Crippen molar-refractivity contribution in [2.75, 3.05) is 12.4 Å². The quantitative estimate of drug-likeness (QED) is 0.342. The Hall–Kier alpha value is -2.58. The Labute approximate surface area is 195 Å². The molecule has 0 aliphatic rings. The van der Waals surface area contributed by atoms with Crippen LogP contribution in [-0.4, -0.2) is 19.4 Å². The lowest BCUT2D eigenvalue weighted by Crippen LogP contribution is -2.13. The lowest BCUT2D eigenvalue weighted by atomic mass is 10.1. The number of benzene rings is 3. The van der Waals surface area contributed by atoms with E-state index in [1.54, 1.807) is 44.4 Å². The zero-order valence-electron chi connectivity index (χ0n) is 17.3. The smallest absolute Gasteiger partial charge is 0.269 e. The third-order valence-corrected chi connectivity index (χ3v) is 7.73. The molecular formula is C23H20Cl2FN3O2S. The van der Waals surface area contributed by atoms with Gasteiger partial charge < -0.3 is 10.6 Å². The number of halogens is 3. The normalized spacial score (nSPS) is 11.8. The largest absolute Gasteiger partial charge is 0.353 e. The summed E-state index contributed by atoms with van der Waals surface area (Å²) in [6, 6.07) is 14.6. The Balaban J connectivity index is 1.88. The van der Waals surface area contributed by atoms with Crippen molar-refractivity contribution in [3.05, 3.63) is 87.8 Å². The summed E-state index contributed by atoms with van der Waals surface area (Å²) in [5, 5.41) is 6.93. The van der Waals surface area contributed by atoms with Crippen LogP contribution in [0.5, 0.6) is 0 Å². The number of hydrogen-bond donors (Lipinski definition) is 2. The highest BCUT2D eigenvalue weighted by Gasteiger charge is 2.25. The van der Waals surface area contributed by atoms with Crippen molar-refractivity contribution in [2.45, 2.75) is 18.4 Å². The van der Waals surface area contributed by atoms with Crippen LogP contribution in [0.1, 0.15) is 11.1 Å². The predicted molar refractivity (Wildman–Crippen MR) is 128 cm³/mol. The van der Waals surface area contributed by atoms with Crippen LogP contribution >= 0.6 is 23.2 Å². The number of aromatic nitrogens is 1. The number of hydrogen-bond acceptors (Lipinski definition) is 4. The van der Waals surface area contributed by atoms with Gasteiger partial charge in [0.1, 0.15) is 10.7 Å². The van der Waals surface area contributed by atoms with Gasteiger partial charge in [0.15, 0.2) is 0 Å². The fourth-order valence-electron chi connectivity index (χ4n) is 3.54. The number of nitrogens with zero attached hydrogens (tertiary/aromatic N) is 1. The highest BCUT2D eigenvalue weighted by Crippen LogP contribution is 2.34. The summed E-state index contributed by atoms with van der Waals surface area (Å²) in [6.07, 6.45) is 1.56. The molecule has 166 valence electrons. The minimum Gasteiger partial charge on any atom is -0.353 e. The SMILES string of the molecule is CNCc1cn(S(=O)(=O)c2cccc(Cl)c2Cl)c2cc(Nc3ccc(C)cc3F)ccc12. The van der Waals surface area contributed by atoms with Crippen LogP contribution in [0.2, 0.25) is 10.0 Å². The van der Waals surface area contributed by atoms with E-state index in [1.165, 1.54) is 28.2 Å². The summed E-state index contributed by atoms with van der Waals surface area (Å²) in [6.45, 7) is 2.27. The number of aryl methyl sites for hydroxylation is 1. The molecule has 0 spiro atoms. The Morgan fingerprint density at radius 2 is 1.84 bits per heavy atom. The van der Waals surface area contributed by atoms with Crippen LogP contribution < -0.4 is 10.6 Å². The predicted octanol–water partition coefficient (Wildman–Crippen LogP) is 6.10. The third-order valence-electron chi connectivity index (χ3n) is 5.08. The molecule has 0 fully saturated rings. The fraction of sp³-hybridized carbons (Fsp3) is 0.130. The minimum absolute atomic E-state index is 0.0396. The molecule has 1 aromatic heterocycles. The van der Waals surface area contributed by atoms with E-state index in [0.717, 1.165) is 16.5 Å². The minimum atomic E-state index is -4.05. The summed E-state index contributed by atoms with van der Waals surface area (Å²) < 4.78 is 42.5. The van der Waals surface area contributed by atoms with E-state index < -0.39 is 15.8 Å². The topological polar surface area (TPSA) is 63.1 Å². The van der Waals surface area contributed by atoms with Crippen LogP contribution in [-0.2, 0) is 16.6 Å². The average Bonchev–Trinajstić information content (AvgIpc) is 3.11. The number of fused-ring (bicyclic) bond motifs is 1. The molecule has 0 atom stereocenters. The highest BCUT2D eigenvalue weighted by molar-refractivity contribution is 7.90. The molecule has 0 aliphatic carbocycles. The molecular weight excluding hydrogens is 472 g/mol. The van der Waals surface area contributed by atoms with E-state index in [9.17, 15) is 12.8 Å². The van der Waals surface area contributed by atoms with Crippen LogP contribution in [0.3, 0.4) is 0 Å². The van der Waals surface area contributed by atoms with Crippen molar-refractivity contribution in [2.24, 2.45) is 0 Å². The van der Waals surface area contributed by atoms with Crippen molar-refractivity contribution in [3.63, 3.8) is 0 Å². The van der Waals surface area contributed by atoms with Gasteiger partial charge in [-0.15, -0.1) is 0 Å². The van der Waals surface area contributed by atoms with Gasteiger partial charge in [0, 0.05) is 23.8 Å². The third kappa shape index (κ3) is 4.09. The van der Waals surface area contributed by atoms with Crippen molar-refractivity contribution in [1.29, 1.82) is 0 Å². The maximum atomic E-state index is 14.3. The molecule has 0 saturated carbocycles. The Bertz CT molecular complexity index is 1430. The molecule has 0 aliphatic heterocycles. The van der Waals surface area contributed by atoms with Gasteiger partial charge in [-0.25, -0.2) is 16.8 Å². The van der Waals surface area contributed by atoms with Gasteiger partial charge in [0.25, 0.3) is 10.0 Å². The second-order valence-corrected chi connectivity index (χ2v) is 9.95. The highest BCUT2D eigenvalue weighted by atomic mass is 35.5. The van der Waals surface area contributed by atoms with Crippen LogP contribution in [0.15, 0.2) is 65.7 Å². The lowest BCUT2D eigenvalue weighted by Gasteiger charge is -2.12. The Morgan fingerprint density at radius 3 is 2.56 bits per heavy atom. The van der Waals surface area contributed by atoms with Gasteiger partial charge in [-0.3, -0.25) is 0 Å². The first kappa shape index (κ1) is 22.6. The van der Waals surface area contributed by atoms with E-state index in [4.69, 9.17) is 23.2 Å². The number of rotatable bonds is 6. The summed E-state index contributed by atoms with van der Waals surface area (Å²) in [7, 11) is -2.27. The zero-order valence-corrected chi connectivity index (χ0v) is 19.6. The molecule has 4 rings (SSSR count). The van der Waals surface area contributed by atoms with E-state index >= 15 is 0 Å². The molecule has 5 nitrogen and oxygen atoms in total. The van der Waals surface area contributed by atoms with Gasteiger partial charge >= 0.3 is 0 Å². The van der Waals surface area contributed by atoms with Crippen molar-refractivity contribution >= 4 is 55.5 Å². The van der Waals surface area contributed by atoms with Crippen molar-refractivity contribution in [1.82, 2.24) is 9.29 Å². The summed E-state index contributed by atoms with van der Waals surface area (Å²) in [5.41, 5.74) is 2.87. The molecule has 0 unspecified atom stereocenters. The standard InChI is InChI=1S/C23H20Cl2FN3O2S/c1-14-6-9-20(19(26)10-14)28-16-7-8-17-15(12-27-2)13-29(21(17)11-16)32(30,31)22-5-3-4-18(24)23(22)25/h3-11,13,27-28H,12H2,1-2H3. The maximum Gasteiger partial charge on any atom is 0.269 e. The van der Waals surface area contributed by atoms with Crippen LogP contribution in [0, 0.1) is 12.7 Å². The summed E-state index contributed by atoms with van der Waals surface area (Å²) in [5.74, 6) is -0.394. The van der Waals surface area contributed by atoms with E-state index in [1.807, 2.05) is 6.07 Å². The zero-order chi connectivity index (χ0) is 23.0. The first-order chi connectivity index (χ1) is 15.2. The number of anilines is 2. The van der Waals surface area contributed by atoms with E-state index in [2.05, 4.69) is 10.6 Å². The molecule has 0 bridgehead atoms. The maximum absolute atomic E-state index is 14.3. The second-order valence-electron chi connectivity index (χ2n) is 7.38. The van der Waals surface area contributed by atoms with Crippen molar-refractivity contribution < 1.29 is 12.8 Å². The van der Waals surface area contributed by atoms with Gasteiger partial charge in [0.05, 0.1) is 21.2 Å². The molecule has 4 aromatic rings. The molecule has 2 N–H and O–H groups in total. The molecule has 0 saturated heterocycles. The van der Waals surface area contributed by atoms with Crippen LogP contribution in [0.25, 0.3) is 10.9 Å².